The highest BCUT2D eigenvalue weighted by molar-refractivity contribution is 7.89. The topological polar surface area (TPSA) is 141 Å². The number of carbonyl (C=O) groups is 2. The minimum absolute atomic E-state index is 0.0156. The first kappa shape index (κ1) is 23.4. The van der Waals surface area contributed by atoms with Gasteiger partial charge in [-0.15, -0.1) is 0 Å². The summed E-state index contributed by atoms with van der Waals surface area (Å²) in [6, 6.07) is 12.4. The molecule has 12 heteroatoms. The van der Waals surface area contributed by atoms with Crippen molar-refractivity contribution in [2.75, 3.05) is 13.6 Å². The molecule has 0 fully saturated rings. The van der Waals surface area contributed by atoms with Gasteiger partial charge in [0.05, 0.1) is 22.3 Å². The summed E-state index contributed by atoms with van der Waals surface area (Å²) in [4.78, 5) is 43.0. The van der Waals surface area contributed by atoms with Gasteiger partial charge in [-0.3, -0.25) is 25.2 Å². The average Bonchev–Trinajstić information content (AvgIpc) is 2.76. The van der Waals surface area contributed by atoms with E-state index < -0.39 is 28.4 Å². The second kappa shape index (κ2) is 9.90. The van der Waals surface area contributed by atoms with Crippen molar-refractivity contribution < 1.29 is 18.0 Å². The summed E-state index contributed by atoms with van der Waals surface area (Å²) >= 11 is 5.76. The summed E-state index contributed by atoms with van der Waals surface area (Å²) in [6.07, 6.45) is 0.0904. The van der Waals surface area contributed by atoms with E-state index in [1.807, 2.05) is 0 Å². The molecule has 0 radical (unpaired) electrons. The van der Waals surface area contributed by atoms with Crippen LogP contribution in [0.5, 0.6) is 0 Å². The molecule has 3 aromatic rings. The van der Waals surface area contributed by atoms with Gasteiger partial charge >= 0.3 is 0 Å². The van der Waals surface area contributed by atoms with E-state index in [1.54, 1.807) is 24.3 Å². The maximum absolute atomic E-state index is 12.5. The van der Waals surface area contributed by atoms with E-state index in [2.05, 4.69) is 20.8 Å². The second-order valence-electron chi connectivity index (χ2n) is 6.84. The number of hydrogen-bond acceptors (Lipinski definition) is 6. The lowest BCUT2D eigenvalue weighted by Gasteiger charge is -2.17. The van der Waals surface area contributed by atoms with Crippen molar-refractivity contribution >= 4 is 44.3 Å². The van der Waals surface area contributed by atoms with Crippen LogP contribution in [0.3, 0.4) is 0 Å². The van der Waals surface area contributed by atoms with E-state index in [1.165, 1.54) is 31.3 Å². The Morgan fingerprint density at radius 1 is 1.06 bits per heavy atom. The van der Waals surface area contributed by atoms with Gasteiger partial charge in [-0.1, -0.05) is 23.7 Å². The van der Waals surface area contributed by atoms with Crippen LogP contribution in [0.2, 0.25) is 5.02 Å². The molecule has 0 aliphatic heterocycles. The number of para-hydroxylation sites is 1. The number of H-pyrrole nitrogens is 1. The summed E-state index contributed by atoms with van der Waals surface area (Å²) in [5.74, 6) is -0.919. The number of nitrogens with one attached hydrogen (secondary N) is 3. The number of hydrazine groups is 1. The number of benzene rings is 2. The molecule has 0 saturated carbocycles. The Morgan fingerprint density at radius 2 is 1.72 bits per heavy atom. The second-order valence-corrected chi connectivity index (χ2v) is 9.32. The largest absolute Gasteiger partial charge is 0.310 e. The molecule has 0 unspecified atom stereocenters. The number of amides is 2. The maximum atomic E-state index is 12.5. The van der Waals surface area contributed by atoms with E-state index >= 15 is 0 Å². The van der Waals surface area contributed by atoms with Crippen LogP contribution in [0.25, 0.3) is 10.9 Å². The zero-order valence-corrected chi connectivity index (χ0v) is 18.5. The van der Waals surface area contributed by atoms with Gasteiger partial charge in [0.15, 0.2) is 0 Å². The molecule has 0 atom stereocenters. The Labute approximate surface area is 188 Å². The van der Waals surface area contributed by atoms with Crippen molar-refractivity contribution in [2.24, 2.45) is 0 Å². The van der Waals surface area contributed by atoms with Gasteiger partial charge in [-0.2, -0.15) is 4.31 Å². The molecule has 10 nitrogen and oxygen atoms in total. The molecule has 32 heavy (non-hydrogen) atoms. The third-order valence-corrected chi connectivity index (χ3v) is 6.55. The molecule has 0 aliphatic carbocycles. The molecule has 168 valence electrons. The molecule has 1 aromatic heterocycles. The number of likely N-dealkylation sites (N-methyl/N-ethyl adjacent to an activating group) is 1. The SMILES string of the molecule is CN(CC(=O)NNC(=O)CCc1nc2ccccc2c(=O)[nH]1)S(=O)(=O)c1ccc(Cl)cc1. The first-order valence-electron chi connectivity index (χ1n) is 9.44. The first-order valence-corrected chi connectivity index (χ1v) is 11.3. The van der Waals surface area contributed by atoms with Gasteiger partial charge in [0.1, 0.15) is 5.82 Å². The lowest BCUT2D eigenvalue weighted by Crippen LogP contribution is -2.46. The number of fused-ring (bicyclic) bond motifs is 1. The third-order valence-electron chi connectivity index (χ3n) is 4.48. The van der Waals surface area contributed by atoms with Crippen molar-refractivity contribution in [3.8, 4) is 0 Å². The molecule has 3 N–H and O–H groups in total. The Morgan fingerprint density at radius 3 is 2.44 bits per heavy atom. The fourth-order valence-corrected chi connectivity index (χ4v) is 4.05. The number of aryl methyl sites for hydroxylation is 1. The van der Waals surface area contributed by atoms with E-state index in [0.29, 0.717) is 21.7 Å². The molecule has 1 heterocycles. The number of nitrogens with zero attached hydrogens (tertiary/aromatic N) is 2. The third kappa shape index (κ3) is 5.69. The summed E-state index contributed by atoms with van der Waals surface area (Å²) in [6.45, 7) is -0.509. The Hall–Kier alpha value is -3.28. The number of aromatic nitrogens is 2. The fourth-order valence-electron chi connectivity index (χ4n) is 2.80. The first-order chi connectivity index (χ1) is 15.2. The van der Waals surface area contributed by atoms with Gasteiger partial charge in [-0.05, 0) is 36.4 Å². The lowest BCUT2D eigenvalue weighted by atomic mass is 10.2. The van der Waals surface area contributed by atoms with Crippen molar-refractivity contribution in [1.29, 1.82) is 0 Å². The molecular formula is C20H20ClN5O5S. The minimum atomic E-state index is -3.90. The van der Waals surface area contributed by atoms with Gasteiger partial charge in [0.2, 0.25) is 15.9 Å². The van der Waals surface area contributed by atoms with Crippen LogP contribution >= 0.6 is 11.6 Å². The predicted molar refractivity (Wildman–Crippen MR) is 118 cm³/mol. The number of carbonyl (C=O) groups excluding carboxylic acids is 2. The highest BCUT2D eigenvalue weighted by atomic mass is 35.5. The summed E-state index contributed by atoms with van der Waals surface area (Å²) in [7, 11) is -2.66. The number of hydrogen-bond donors (Lipinski definition) is 3. The molecule has 0 bridgehead atoms. The minimum Gasteiger partial charge on any atom is -0.310 e. The van der Waals surface area contributed by atoms with Crippen LogP contribution in [-0.2, 0) is 26.0 Å². The highest BCUT2D eigenvalue weighted by Gasteiger charge is 2.23. The van der Waals surface area contributed by atoms with E-state index in [4.69, 9.17) is 11.6 Å². The van der Waals surface area contributed by atoms with Gasteiger partial charge in [0, 0.05) is 24.9 Å². The normalized spacial score (nSPS) is 11.5. The van der Waals surface area contributed by atoms with Crippen LogP contribution in [-0.4, -0.2) is 48.1 Å². The molecule has 0 spiro atoms. The van der Waals surface area contributed by atoms with Crippen molar-refractivity contribution in [2.45, 2.75) is 17.7 Å². The monoisotopic (exact) mass is 477 g/mol. The van der Waals surface area contributed by atoms with Gasteiger partial charge in [0.25, 0.3) is 11.5 Å². The van der Waals surface area contributed by atoms with Crippen molar-refractivity contribution in [3.63, 3.8) is 0 Å². The fraction of sp³-hybridized carbons (Fsp3) is 0.200. The van der Waals surface area contributed by atoms with E-state index in [-0.39, 0.29) is 23.3 Å². The lowest BCUT2D eigenvalue weighted by molar-refractivity contribution is -0.128. The van der Waals surface area contributed by atoms with Crippen LogP contribution in [0.1, 0.15) is 12.2 Å². The molecule has 0 saturated heterocycles. The number of aromatic amines is 1. The van der Waals surface area contributed by atoms with E-state index in [0.717, 1.165) is 4.31 Å². The van der Waals surface area contributed by atoms with E-state index in [9.17, 15) is 22.8 Å². The van der Waals surface area contributed by atoms with Gasteiger partial charge < -0.3 is 4.98 Å². The van der Waals surface area contributed by atoms with Crippen LogP contribution in [0, 0.1) is 0 Å². The summed E-state index contributed by atoms with van der Waals surface area (Å²) < 4.78 is 25.8. The smallest absolute Gasteiger partial charge is 0.258 e. The van der Waals surface area contributed by atoms with Crippen LogP contribution in [0.15, 0.2) is 58.2 Å². The Bertz CT molecular complexity index is 1310. The predicted octanol–water partition coefficient (Wildman–Crippen LogP) is 0.977. The molecule has 3 rings (SSSR count). The van der Waals surface area contributed by atoms with Crippen LogP contribution < -0.4 is 16.4 Å². The zero-order valence-electron chi connectivity index (χ0n) is 17.0. The zero-order chi connectivity index (χ0) is 23.3. The molecule has 0 aliphatic rings. The van der Waals surface area contributed by atoms with Crippen molar-refractivity contribution in [1.82, 2.24) is 25.1 Å². The number of halogens is 1. The number of rotatable bonds is 7. The Balaban J connectivity index is 1.50. The number of sulfonamides is 1. The standard InChI is InChI=1S/C20H20ClN5O5S/c1-26(32(30,31)14-8-6-13(21)7-9-14)12-19(28)25-24-18(27)11-10-17-22-16-5-3-2-4-15(16)20(29)23-17/h2-9H,10-12H2,1H3,(H,24,27)(H,25,28)(H,22,23,29). The molecular weight excluding hydrogens is 458 g/mol. The molecule has 2 amide bonds. The van der Waals surface area contributed by atoms with Gasteiger partial charge in [-0.25, -0.2) is 13.4 Å². The molecule has 2 aromatic carbocycles. The summed E-state index contributed by atoms with van der Waals surface area (Å²) in [5, 5.41) is 0.834. The maximum Gasteiger partial charge on any atom is 0.258 e. The highest BCUT2D eigenvalue weighted by Crippen LogP contribution is 2.17. The Kier molecular flexibility index (Phi) is 7.23. The van der Waals surface area contributed by atoms with Crippen molar-refractivity contribution in [3.05, 3.63) is 69.7 Å². The summed E-state index contributed by atoms with van der Waals surface area (Å²) in [5.41, 5.74) is 4.59. The van der Waals surface area contributed by atoms with Crippen LogP contribution in [0.4, 0.5) is 0 Å². The quantitative estimate of drug-likeness (QED) is 0.433. The average molecular weight is 478 g/mol.